The van der Waals surface area contributed by atoms with E-state index in [9.17, 15) is 35.9 Å². The first-order valence-electron chi connectivity index (χ1n) is 13.7. The molecule has 238 valence electrons. The van der Waals surface area contributed by atoms with Gasteiger partial charge in [-0.1, -0.05) is 6.08 Å². The molecule has 0 fully saturated rings. The Morgan fingerprint density at radius 3 is 2.19 bits per heavy atom. The summed E-state index contributed by atoms with van der Waals surface area (Å²) in [7, 11) is 0. The van der Waals surface area contributed by atoms with Gasteiger partial charge in [0.15, 0.2) is 0 Å². The Hall–Kier alpha value is -3.57. The first kappa shape index (κ1) is 35.6. The molecule has 2 rings (SSSR count). The van der Waals surface area contributed by atoms with Crippen molar-refractivity contribution in [2.24, 2.45) is 0 Å². The molecule has 1 amide bonds. The summed E-state index contributed by atoms with van der Waals surface area (Å²) in [5.41, 5.74) is -4.46. The summed E-state index contributed by atoms with van der Waals surface area (Å²) in [4.78, 5) is 25.0. The molecule has 0 unspecified atom stereocenters. The predicted molar refractivity (Wildman–Crippen MR) is 148 cm³/mol. The lowest BCUT2D eigenvalue weighted by molar-refractivity contribution is -0.143. The van der Waals surface area contributed by atoms with Gasteiger partial charge in [-0.3, -0.25) is 4.79 Å². The van der Waals surface area contributed by atoms with Gasteiger partial charge in [-0.05, 0) is 107 Å². The minimum absolute atomic E-state index is 0.0151. The molecule has 5 nitrogen and oxygen atoms in total. The zero-order valence-electron chi connectivity index (χ0n) is 24.7. The zero-order valence-corrected chi connectivity index (χ0v) is 24.7. The van der Waals surface area contributed by atoms with Gasteiger partial charge in [0.2, 0.25) is 0 Å². The summed E-state index contributed by atoms with van der Waals surface area (Å²) in [6.07, 6.45) is -8.53. The van der Waals surface area contributed by atoms with E-state index >= 15 is 4.39 Å². The molecular weight excluding hydrogens is 583 g/mol. The smallest absolute Gasteiger partial charge is 0.419 e. The molecule has 43 heavy (non-hydrogen) atoms. The highest BCUT2D eigenvalue weighted by molar-refractivity contribution is 5.76. The topological polar surface area (TPSA) is 64.6 Å². The molecule has 0 radical (unpaired) electrons. The van der Waals surface area contributed by atoms with Crippen molar-refractivity contribution in [3.8, 4) is 11.1 Å². The number of esters is 1. The zero-order chi connectivity index (χ0) is 32.8. The second-order valence-corrected chi connectivity index (χ2v) is 11.0. The first-order valence-corrected chi connectivity index (χ1v) is 13.7. The van der Waals surface area contributed by atoms with Crippen LogP contribution in [-0.4, -0.2) is 24.3 Å². The average Bonchev–Trinajstić information content (AvgIpc) is 2.84. The molecule has 1 atom stereocenters. The Labute approximate surface area is 246 Å². The molecule has 2 aromatic carbocycles. The number of hydrogen-bond donors (Lipinski definition) is 1. The molecule has 0 bridgehead atoms. The van der Waals surface area contributed by atoms with E-state index in [2.05, 4.69) is 11.9 Å². The highest BCUT2D eigenvalue weighted by Gasteiger charge is 2.38. The molecule has 0 aromatic heterocycles. The minimum Gasteiger partial charge on any atom is -0.466 e. The maximum absolute atomic E-state index is 15.6. The number of unbranched alkanes of at least 4 members (excludes halogenated alkanes) is 2. The number of aryl methyl sites for hydroxylation is 2. The third kappa shape index (κ3) is 10.3. The van der Waals surface area contributed by atoms with Crippen LogP contribution >= 0.6 is 0 Å². The standard InChI is InChI=1S/C31H36F7NO4/c1-7-9-10-11-12-19-14-21(30(33,34)35)13-18(3)26(19)20-15-22(27(32)23(16-20)31(36,37)38)24(17-25(40)42-8-2)39-28(41)43-29(4,5)6/h7,13-16,24H,1,8-12,17H2,2-6H3,(H,39,41)/t24-/m0/s1. The number of ether oxygens (including phenoxy) is 2. The first-order chi connectivity index (χ1) is 19.8. The molecule has 12 heteroatoms. The van der Waals surface area contributed by atoms with Crippen molar-refractivity contribution in [3.05, 3.63) is 70.6 Å². The van der Waals surface area contributed by atoms with Crippen LogP contribution in [0.5, 0.6) is 0 Å². The molecule has 0 spiro atoms. The van der Waals surface area contributed by atoms with Crippen molar-refractivity contribution in [2.45, 2.75) is 90.7 Å². The van der Waals surface area contributed by atoms with Crippen LogP contribution in [0.1, 0.15) is 87.2 Å². The normalized spacial score (nSPS) is 12.9. The molecule has 0 heterocycles. The summed E-state index contributed by atoms with van der Waals surface area (Å²) in [6.45, 7) is 10.9. The van der Waals surface area contributed by atoms with Crippen LogP contribution in [0.2, 0.25) is 0 Å². The van der Waals surface area contributed by atoms with Gasteiger partial charge in [-0.25, -0.2) is 9.18 Å². The van der Waals surface area contributed by atoms with E-state index in [-0.39, 0.29) is 35.3 Å². The van der Waals surface area contributed by atoms with E-state index in [4.69, 9.17) is 9.47 Å². The van der Waals surface area contributed by atoms with E-state index in [1.807, 2.05) is 0 Å². The maximum atomic E-state index is 15.6. The average molecular weight is 620 g/mol. The van der Waals surface area contributed by atoms with E-state index in [0.717, 1.165) is 18.2 Å². The highest BCUT2D eigenvalue weighted by atomic mass is 19.4. The van der Waals surface area contributed by atoms with Crippen LogP contribution in [0.3, 0.4) is 0 Å². The van der Waals surface area contributed by atoms with Gasteiger partial charge in [-0.2, -0.15) is 26.3 Å². The van der Waals surface area contributed by atoms with E-state index < -0.39 is 65.0 Å². The van der Waals surface area contributed by atoms with Gasteiger partial charge in [-0.15, -0.1) is 6.58 Å². The predicted octanol–water partition coefficient (Wildman–Crippen LogP) is 9.26. The van der Waals surface area contributed by atoms with Crippen molar-refractivity contribution in [3.63, 3.8) is 0 Å². The number of carbonyl (C=O) groups excluding carboxylic acids is 2. The fourth-order valence-electron chi connectivity index (χ4n) is 4.56. The maximum Gasteiger partial charge on any atom is 0.419 e. The molecule has 0 aliphatic carbocycles. The van der Waals surface area contributed by atoms with Gasteiger partial charge < -0.3 is 14.8 Å². The monoisotopic (exact) mass is 619 g/mol. The molecule has 1 N–H and O–H groups in total. The quantitative estimate of drug-likeness (QED) is 0.118. The van der Waals surface area contributed by atoms with E-state index in [1.165, 1.54) is 34.6 Å². The Morgan fingerprint density at radius 2 is 1.65 bits per heavy atom. The second kappa shape index (κ2) is 14.3. The lowest BCUT2D eigenvalue weighted by Crippen LogP contribution is -2.36. The number of allylic oxidation sites excluding steroid dienone is 1. The third-order valence-corrected chi connectivity index (χ3v) is 6.29. The van der Waals surface area contributed by atoms with Crippen LogP contribution in [0.25, 0.3) is 11.1 Å². The number of alkyl halides is 6. The molecule has 0 saturated carbocycles. The molecule has 0 saturated heterocycles. The number of amides is 1. The molecular formula is C31H36F7NO4. The number of benzene rings is 2. The Bertz CT molecular complexity index is 1310. The van der Waals surface area contributed by atoms with Crippen molar-refractivity contribution in [2.75, 3.05) is 6.61 Å². The lowest BCUT2D eigenvalue weighted by atomic mass is 9.87. The van der Waals surface area contributed by atoms with Crippen LogP contribution in [-0.2, 0) is 33.0 Å². The molecule has 0 aliphatic rings. The largest absolute Gasteiger partial charge is 0.466 e. The second-order valence-electron chi connectivity index (χ2n) is 11.0. The summed E-state index contributed by atoms with van der Waals surface area (Å²) in [5.74, 6) is -2.69. The number of rotatable bonds is 11. The van der Waals surface area contributed by atoms with Crippen molar-refractivity contribution < 1.29 is 49.8 Å². The van der Waals surface area contributed by atoms with Crippen LogP contribution in [0.4, 0.5) is 35.5 Å². The summed E-state index contributed by atoms with van der Waals surface area (Å²) in [5, 5.41) is 2.26. The number of hydrogen-bond acceptors (Lipinski definition) is 4. The highest BCUT2D eigenvalue weighted by Crippen LogP contribution is 2.42. The Kier molecular flexibility index (Phi) is 11.8. The number of carbonyl (C=O) groups is 2. The third-order valence-electron chi connectivity index (χ3n) is 6.29. The fourth-order valence-corrected chi connectivity index (χ4v) is 4.56. The Balaban J connectivity index is 2.86. The minimum atomic E-state index is -5.22. The van der Waals surface area contributed by atoms with Crippen molar-refractivity contribution in [1.82, 2.24) is 5.32 Å². The SMILES string of the molecule is C=CCCCCc1cc(C(F)(F)F)cc(C)c1-c1cc([C@H](CC(=O)OCC)NC(=O)OC(C)(C)C)c(F)c(C(F)(F)F)c1. The van der Waals surface area contributed by atoms with Gasteiger partial charge in [0.05, 0.1) is 30.2 Å². The number of halogens is 7. The fraction of sp³-hybridized carbons (Fsp3) is 0.484. The summed E-state index contributed by atoms with van der Waals surface area (Å²) >= 11 is 0. The van der Waals surface area contributed by atoms with Crippen LogP contribution < -0.4 is 5.32 Å². The summed E-state index contributed by atoms with van der Waals surface area (Å²) < 4.78 is 109. The van der Waals surface area contributed by atoms with Gasteiger partial charge >= 0.3 is 24.4 Å². The number of nitrogens with one attached hydrogen (secondary N) is 1. The van der Waals surface area contributed by atoms with Gasteiger partial charge in [0.25, 0.3) is 0 Å². The van der Waals surface area contributed by atoms with Gasteiger partial charge in [0, 0.05) is 5.56 Å². The van der Waals surface area contributed by atoms with Crippen molar-refractivity contribution in [1.29, 1.82) is 0 Å². The Morgan fingerprint density at radius 1 is 1.00 bits per heavy atom. The summed E-state index contributed by atoms with van der Waals surface area (Å²) in [6, 6.07) is 1.56. The van der Waals surface area contributed by atoms with Gasteiger partial charge in [0.1, 0.15) is 11.4 Å². The molecule has 0 aliphatic heterocycles. The van der Waals surface area contributed by atoms with E-state index in [0.29, 0.717) is 25.3 Å². The lowest BCUT2D eigenvalue weighted by Gasteiger charge is -2.25. The van der Waals surface area contributed by atoms with E-state index in [1.54, 1.807) is 6.08 Å². The van der Waals surface area contributed by atoms with Crippen LogP contribution in [0, 0.1) is 12.7 Å². The van der Waals surface area contributed by atoms with Crippen LogP contribution in [0.15, 0.2) is 36.9 Å². The molecule has 2 aromatic rings. The number of alkyl carbamates (subject to hydrolysis) is 1. The van der Waals surface area contributed by atoms with Crippen molar-refractivity contribution >= 4 is 12.1 Å².